The zero-order valence-corrected chi connectivity index (χ0v) is 25.8. The van der Waals surface area contributed by atoms with Gasteiger partial charge in [0, 0.05) is 25.4 Å². The van der Waals surface area contributed by atoms with Crippen LogP contribution in [0.5, 0.6) is 0 Å². The number of benzene rings is 3. The third-order valence-electron chi connectivity index (χ3n) is 7.06. The van der Waals surface area contributed by atoms with Crippen LogP contribution in [0.3, 0.4) is 0 Å². The summed E-state index contributed by atoms with van der Waals surface area (Å²) in [5, 5.41) is 2.70. The third-order valence-corrected chi connectivity index (χ3v) is 10.7. The topological polar surface area (TPSA) is 88.5 Å². The Hall–Kier alpha value is -2.99. The molecule has 3 aromatic carbocycles. The quantitative estimate of drug-likeness (QED) is 0.252. The van der Waals surface area contributed by atoms with Gasteiger partial charge in [0.2, 0.25) is 17.7 Å². The molecule has 202 valence electrons. The summed E-state index contributed by atoms with van der Waals surface area (Å²) in [6, 6.07) is 22.1. The number of amides is 3. The minimum absolute atomic E-state index is 0.201. The Kier molecular flexibility index (Phi) is 7.32. The zero-order chi connectivity index (χ0) is 28.1. The molecule has 0 bridgehead atoms. The van der Waals surface area contributed by atoms with Crippen LogP contribution in [-0.2, 0) is 20.9 Å². The van der Waals surface area contributed by atoms with Gasteiger partial charge in [-0.2, -0.15) is 0 Å². The molecule has 7 nitrogen and oxygen atoms in total. The van der Waals surface area contributed by atoms with Crippen LogP contribution in [-0.4, -0.2) is 27.5 Å². The number of thiazole rings is 1. The average molecular weight is 699 g/mol. The van der Waals surface area contributed by atoms with E-state index in [1.165, 1.54) is 21.2 Å². The van der Waals surface area contributed by atoms with Crippen molar-refractivity contribution in [3.8, 4) is 0 Å². The Morgan fingerprint density at radius 1 is 0.925 bits per heavy atom. The van der Waals surface area contributed by atoms with Crippen molar-refractivity contribution >= 4 is 84.1 Å². The molecule has 0 aliphatic carbocycles. The minimum atomic E-state index is -0.743. The molecule has 0 radical (unpaired) electrons. The third kappa shape index (κ3) is 4.78. The summed E-state index contributed by atoms with van der Waals surface area (Å²) in [7, 11) is 0. The molecule has 1 aromatic heterocycles. The number of aromatic nitrogens is 1. The van der Waals surface area contributed by atoms with Crippen LogP contribution in [0.1, 0.15) is 21.9 Å². The summed E-state index contributed by atoms with van der Waals surface area (Å²) < 4.78 is 3.09. The molecule has 0 spiro atoms. The largest absolute Gasteiger partial charge is 0.324 e. The molecular formula is C29H21Br2N3O4S2. The Morgan fingerprint density at radius 2 is 1.68 bits per heavy atom. The van der Waals surface area contributed by atoms with Crippen LogP contribution >= 0.6 is 55.0 Å². The Balaban J connectivity index is 1.42. The maximum atomic E-state index is 13.9. The SMILES string of the molecule is Cc1ccccc1NC(=O)Cn1c2c(sc1=O)C(c1cccc(Br)c1)C1C(=O)N(c3ccc(Br)cc3)C(=O)C1S2. The summed E-state index contributed by atoms with van der Waals surface area (Å²) in [5.41, 5.74) is 2.90. The smallest absolute Gasteiger partial charge is 0.308 e. The van der Waals surface area contributed by atoms with E-state index in [1.54, 1.807) is 30.3 Å². The number of nitrogens with zero attached hydrogens (tertiary/aromatic N) is 2. The Labute approximate surface area is 254 Å². The number of imide groups is 1. The highest BCUT2D eigenvalue weighted by atomic mass is 79.9. The highest BCUT2D eigenvalue weighted by Gasteiger charge is 2.56. The second-order valence-corrected chi connectivity index (χ2v) is 13.5. The van der Waals surface area contributed by atoms with Gasteiger partial charge >= 0.3 is 4.87 Å². The summed E-state index contributed by atoms with van der Waals surface area (Å²) in [6.07, 6.45) is 0. The Morgan fingerprint density at radius 3 is 2.40 bits per heavy atom. The van der Waals surface area contributed by atoms with Gasteiger partial charge in [0.05, 0.1) is 16.6 Å². The van der Waals surface area contributed by atoms with Crippen molar-refractivity contribution in [3.63, 3.8) is 0 Å². The number of thioether (sulfide) groups is 1. The molecule has 3 atom stereocenters. The second kappa shape index (κ2) is 10.8. The first-order valence-electron chi connectivity index (χ1n) is 12.4. The zero-order valence-electron chi connectivity index (χ0n) is 21.0. The van der Waals surface area contributed by atoms with Crippen molar-refractivity contribution in [1.29, 1.82) is 0 Å². The van der Waals surface area contributed by atoms with E-state index in [-0.39, 0.29) is 29.1 Å². The van der Waals surface area contributed by atoms with Crippen molar-refractivity contribution in [1.82, 2.24) is 4.57 Å². The van der Waals surface area contributed by atoms with E-state index in [4.69, 9.17) is 0 Å². The monoisotopic (exact) mass is 697 g/mol. The number of rotatable bonds is 5. The predicted molar refractivity (Wildman–Crippen MR) is 164 cm³/mol. The number of aryl methyl sites for hydroxylation is 1. The van der Waals surface area contributed by atoms with Crippen LogP contribution in [0, 0.1) is 12.8 Å². The maximum Gasteiger partial charge on any atom is 0.308 e. The van der Waals surface area contributed by atoms with Crippen LogP contribution < -0.4 is 15.1 Å². The number of para-hydroxylation sites is 1. The van der Waals surface area contributed by atoms with Gasteiger partial charge in [0.15, 0.2) is 0 Å². The molecule has 40 heavy (non-hydrogen) atoms. The minimum Gasteiger partial charge on any atom is -0.324 e. The fraction of sp³-hybridized carbons (Fsp3) is 0.172. The molecule has 3 unspecified atom stereocenters. The summed E-state index contributed by atoms with van der Waals surface area (Å²) in [6.45, 7) is 1.69. The van der Waals surface area contributed by atoms with Crippen LogP contribution in [0.2, 0.25) is 0 Å². The molecule has 0 saturated carbocycles. The van der Waals surface area contributed by atoms with E-state index in [1.807, 2.05) is 49.4 Å². The first-order valence-corrected chi connectivity index (χ1v) is 15.7. The lowest BCUT2D eigenvalue weighted by Gasteiger charge is -2.30. The fourth-order valence-electron chi connectivity index (χ4n) is 5.21. The normalized spacial score (nSPS) is 19.9. The summed E-state index contributed by atoms with van der Waals surface area (Å²) in [5.74, 6) is -2.19. The number of hydrogen-bond donors (Lipinski definition) is 1. The summed E-state index contributed by atoms with van der Waals surface area (Å²) >= 11 is 9.16. The predicted octanol–water partition coefficient (Wildman–Crippen LogP) is 6.18. The van der Waals surface area contributed by atoms with E-state index in [0.717, 1.165) is 31.4 Å². The van der Waals surface area contributed by atoms with Gasteiger partial charge in [0.1, 0.15) is 11.8 Å². The van der Waals surface area contributed by atoms with E-state index >= 15 is 0 Å². The average Bonchev–Trinajstić information content (AvgIpc) is 3.36. The number of hydrogen-bond acceptors (Lipinski definition) is 6. The number of carbonyl (C=O) groups excluding carboxylic acids is 3. The summed E-state index contributed by atoms with van der Waals surface area (Å²) in [4.78, 5) is 55.8. The van der Waals surface area contributed by atoms with E-state index < -0.39 is 17.1 Å². The van der Waals surface area contributed by atoms with Gasteiger partial charge in [-0.15, -0.1) is 0 Å². The lowest BCUT2D eigenvalue weighted by Crippen LogP contribution is -2.33. The second-order valence-electron chi connectivity index (χ2n) is 9.57. The first kappa shape index (κ1) is 27.2. The highest BCUT2D eigenvalue weighted by Crippen LogP contribution is 2.54. The van der Waals surface area contributed by atoms with Gasteiger partial charge in [0.25, 0.3) is 0 Å². The standard InChI is InChI=1S/C29H21Br2N3O4S2/c1-15-5-2-3-8-20(15)32-21(35)14-33-28-25(40-29(33)38)22(16-6-4-7-18(31)13-16)23-24(39-28)27(37)34(26(23)36)19-11-9-17(30)10-12-19/h2-13,22-24H,14H2,1H3,(H,32,35). The van der Waals surface area contributed by atoms with Crippen molar-refractivity contribution in [2.75, 3.05) is 10.2 Å². The number of carbonyl (C=O) groups is 3. The molecule has 11 heteroatoms. The van der Waals surface area contributed by atoms with Crippen molar-refractivity contribution in [2.45, 2.75) is 29.7 Å². The first-order chi connectivity index (χ1) is 19.2. The van der Waals surface area contributed by atoms with Crippen LogP contribution in [0.25, 0.3) is 0 Å². The molecule has 2 aliphatic heterocycles. The van der Waals surface area contributed by atoms with E-state index in [2.05, 4.69) is 37.2 Å². The molecule has 2 aliphatic rings. The molecule has 1 N–H and O–H groups in total. The van der Waals surface area contributed by atoms with Gasteiger partial charge in [-0.05, 0) is 60.5 Å². The molecule has 4 aromatic rings. The molecular weight excluding hydrogens is 678 g/mol. The lowest BCUT2D eigenvalue weighted by molar-refractivity contribution is -0.122. The van der Waals surface area contributed by atoms with Crippen LogP contribution in [0.15, 0.2) is 91.6 Å². The van der Waals surface area contributed by atoms with Gasteiger partial charge in [-0.3, -0.25) is 23.7 Å². The number of anilines is 2. The maximum absolute atomic E-state index is 13.9. The van der Waals surface area contributed by atoms with Crippen molar-refractivity contribution in [2.24, 2.45) is 5.92 Å². The van der Waals surface area contributed by atoms with Gasteiger partial charge in [-0.1, -0.05) is 85.3 Å². The van der Waals surface area contributed by atoms with Crippen LogP contribution in [0.4, 0.5) is 11.4 Å². The Bertz CT molecular complexity index is 1730. The molecule has 6 rings (SSSR count). The fourth-order valence-corrected chi connectivity index (χ4v) is 8.66. The van der Waals surface area contributed by atoms with Crippen molar-refractivity contribution < 1.29 is 14.4 Å². The number of halogens is 2. The molecule has 1 saturated heterocycles. The van der Waals surface area contributed by atoms with Gasteiger partial charge in [-0.25, -0.2) is 4.90 Å². The molecule has 1 fully saturated rings. The van der Waals surface area contributed by atoms with E-state index in [0.29, 0.717) is 21.3 Å². The highest BCUT2D eigenvalue weighted by molar-refractivity contribution is 9.10. The molecule has 3 heterocycles. The number of nitrogens with one attached hydrogen (secondary N) is 1. The van der Waals surface area contributed by atoms with Gasteiger partial charge < -0.3 is 5.32 Å². The molecule has 3 amide bonds. The number of fused-ring (bicyclic) bond motifs is 2. The lowest BCUT2D eigenvalue weighted by atomic mass is 9.83. The van der Waals surface area contributed by atoms with E-state index in [9.17, 15) is 19.2 Å². The van der Waals surface area contributed by atoms with Crippen molar-refractivity contribution in [3.05, 3.63) is 107 Å².